The number of halogens is 1. The van der Waals surface area contributed by atoms with Crippen LogP contribution >= 0.6 is 36.0 Å². The molecule has 0 spiro atoms. The van der Waals surface area contributed by atoms with Crippen LogP contribution < -0.4 is 15.4 Å². The van der Waals surface area contributed by atoms with E-state index in [1.54, 1.807) is 54.1 Å². The molecular formula is C23H17ClN6O3S2. The lowest BCUT2D eigenvalue weighted by atomic mass is 10.2. The largest absolute Gasteiger partial charge is 0.495 e. The number of nitrogens with one attached hydrogen (secondary N) is 2. The molecule has 176 valence electrons. The Morgan fingerprint density at radius 2 is 1.71 bits per heavy atom. The summed E-state index contributed by atoms with van der Waals surface area (Å²) in [6.45, 7) is 0. The molecule has 1 aromatic heterocycles. The van der Waals surface area contributed by atoms with Gasteiger partial charge in [0.25, 0.3) is 5.69 Å². The van der Waals surface area contributed by atoms with Crippen molar-refractivity contribution in [3.05, 3.63) is 92.7 Å². The average Bonchev–Trinajstić information content (AvgIpc) is 2.85. The monoisotopic (exact) mass is 524 g/mol. The van der Waals surface area contributed by atoms with E-state index >= 15 is 0 Å². The van der Waals surface area contributed by atoms with Crippen molar-refractivity contribution in [1.82, 2.24) is 14.5 Å². The number of nitro benzene ring substituents is 1. The molecule has 0 amide bonds. The molecule has 3 aromatic carbocycles. The van der Waals surface area contributed by atoms with Crippen molar-refractivity contribution in [2.75, 3.05) is 17.7 Å². The summed E-state index contributed by atoms with van der Waals surface area (Å²) in [5.74, 6) is 1.17. The first-order chi connectivity index (χ1) is 16.9. The fraction of sp³-hybridized carbons (Fsp3) is 0.0435. The van der Waals surface area contributed by atoms with Crippen LogP contribution in [0.25, 0.3) is 17.1 Å². The fourth-order valence-corrected chi connectivity index (χ4v) is 3.78. The lowest BCUT2D eigenvalue weighted by Crippen LogP contribution is -2.23. The summed E-state index contributed by atoms with van der Waals surface area (Å²) in [6.07, 6.45) is 0. The lowest BCUT2D eigenvalue weighted by molar-refractivity contribution is -0.384. The fourth-order valence-electron chi connectivity index (χ4n) is 3.18. The van der Waals surface area contributed by atoms with Gasteiger partial charge in [0.2, 0.25) is 10.7 Å². The maximum Gasteiger partial charge on any atom is 0.269 e. The molecule has 0 radical (unpaired) electrons. The first-order valence-electron chi connectivity index (χ1n) is 10.1. The summed E-state index contributed by atoms with van der Waals surface area (Å²) >= 11 is 17.2. The van der Waals surface area contributed by atoms with Crippen LogP contribution in [0.2, 0.25) is 5.02 Å². The van der Waals surface area contributed by atoms with Gasteiger partial charge in [-0.05, 0) is 73.0 Å². The third kappa shape index (κ3) is 5.60. The Labute approximate surface area is 215 Å². The summed E-state index contributed by atoms with van der Waals surface area (Å²) in [7, 11) is 1.57. The standard InChI is InChI=1S/C23H17ClN6O3S2/c1-33-19-5-3-2-4-18(19)25-22(34)28-21-26-20(14-6-10-17(11-7-14)30(31)32)27-23(35)29(21)16-12-8-15(24)9-13-16/h2-13H,1H3,(H2,25,26,27,28,34,35). The zero-order valence-corrected chi connectivity index (χ0v) is 20.5. The SMILES string of the molecule is COc1ccccc1NC(=S)Nc1nc(-c2ccc([N+](=O)[O-])cc2)nc(=S)n1-c1ccc(Cl)cc1. The average molecular weight is 525 g/mol. The van der Waals surface area contributed by atoms with Crippen LogP contribution in [0.5, 0.6) is 5.75 Å². The second-order valence-corrected chi connectivity index (χ2v) is 8.26. The van der Waals surface area contributed by atoms with Crippen LogP contribution in [-0.2, 0) is 0 Å². The third-order valence-electron chi connectivity index (χ3n) is 4.82. The predicted molar refractivity (Wildman–Crippen MR) is 142 cm³/mol. The van der Waals surface area contributed by atoms with Crippen LogP contribution in [-0.4, -0.2) is 31.7 Å². The number of aromatic nitrogens is 3. The van der Waals surface area contributed by atoms with Gasteiger partial charge in [-0.25, -0.2) is 0 Å². The van der Waals surface area contributed by atoms with E-state index < -0.39 is 4.92 Å². The number of benzene rings is 3. The molecule has 0 aliphatic heterocycles. The van der Waals surface area contributed by atoms with Gasteiger partial charge in [0, 0.05) is 22.7 Å². The zero-order valence-electron chi connectivity index (χ0n) is 18.1. The van der Waals surface area contributed by atoms with Crippen molar-refractivity contribution in [1.29, 1.82) is 0 Å². The number of hydrogen-bond donors (Lipinski definition) is 2. The first kappa shape index (κ1) is 24.2. The van der Waals surface area contributed by atoms with E-state index in [-0.39, 0.29) is 27.3 Å². The number of para-hydroxylation sites is 2. The second kappa shape index (κ2) is 10.6. The van der Waals surface area contributed by atoms with Crippen LogP contribution in [0.1, 0.15) is 0 Å². The van der Waals surface area contributed by atoms with E-state index in [0.29, 0.717) is 27.7 Å². The number of ether oxygens (including phenoxy) is 1. The Balaban J connectivity index is 1.75. The number of hydrogen-bond acceptors (Lipinski definition) is 7. The predicted octanol–water partition coefficient (Wildman–Crippen LogP) is 6.04. The van der Waals surface area contributed by atoms with E-state index in [1.807, 2.05) is 18.2 Å². The Hall–Kier alpha value is -3.93. The lowest BCUT2D eigenvalue weighted by Gasteiger charge is -2.17. The van der Waals surface area contributed by atoms with E-state index in [0.717, 1.165) is 0 Å². The topological polar surface area (TPSA) is 107 Å². The van der Waals surface area contributed by atoms with Gasteiger partial charge in [-0.15, -0.1) is 0 Å². The molecule has 9 nitrogen and oxygen atoms in total. The molecule has 0 fully saturated rings. The van der Waals surface area contributed by atoms with Gasteiger partial charge in [-0.1, -0.05) is 23.7 Å². The molecule has 4 rings (SSSR count). The molecule has 4 aromatic rings. The minimum Gasteiger partial charge on any atom is -0.495 e. The summed E-state index contributed by atoms with van der Waals surface area (Å²) < 4.78 is 7.17. The second-order valence-electron chi connectivity index (χ2n) is 7.05. The Morgan fingerprint density at radius 3 is 2.37 bits per heavy atom. The van der Waals surface area contributed by atoms with Crippen molar-refractivity contribution < 1.29 is 9.66 Å². The molecule has 1 heterocycles. The van der Waals surface area contributed by atoms with Crippen LogP contribution in [0.3, 0.4) is 0 Å². The van der Waals surface area contributed by atoms with Gasteiger partial charge in [0.15, 0.2) is 10.9 Å². The molecule has 0 bridgehead atoms. The molecule has 0 aliphatic carbocycles. The number of thiocarbonyl (C=S) groups is 1. The molecule has 0 saturated carbocycles. The summed E-state index contributed by atoms with van der Waals surface area (Å²) in [5.41, 5.74) is 1.84. The highest BCUT2D eigenvalue weighted by molar-refractivity contribution is 7.80. The number of nitro groups is 1. The normalized spacial score (nSPS) is 10.5. The number of anilines is 2. The number of nitrogens with zero attached hydrogens (tertiary/aromatic N) is 4. The highest BCUT2D eigenvalue weighted by atomic mass is 35.5. The molecule has 0 saturated heterocycles. The highest BCUT2D eigenvalue weighted by Crippen LogP contribution is 2.25. The maximum atomic E-state index is 11.0. The van der Waals surface area contributed by atoms with E-state index in [4.69, 9.17) is 40.8 Å². The number of methoxy groups -OCH3 is 1. The maximum absolute atomic E-state index is 11.0. The molecule has 12 heteroatoms. The summed E-state index contributed by atoms with van der Waals surface area (Å²) in [4.78, 5) is 19.6. The van der Waals surface area contributed by atoms with Crippen molar-refractivity contribution in [3.63, 3.8) is 0 Å². The summed E-state index contributed by atoms with van der Waals surface area (Å²) in [6, 6.07) is 20.2. The first-order valence-corrected chi connectivity index (χ1v) is 11.3. The van der Waals surface area contributed by atoms with Crippen molar-refractivity contribution in [2.24, 2.45) is 0 Å². The Bertz CT molecular complexity index is 1460. The highest BCUT2D eigenvalue weighted by Gasteiger charge is 2.15. The zero-order chi connectivity index (χ0) is 24.9. The third-order valence-corrected chi connectivity index (χ3v) is 5.55. The molecule has 0 aliphatic rings. The minimum absolute atomic E-state index is 0.0416. The van der Waals surface area contributed by atoms with E-state index in [1.165, 1.54) is 12.1 Å². The van der Waals surface area contributed by atoms with Gasteiger partial charge in [-0.2, -0.15) is 9.97 Å². The Kier molecular flexibility index (Phi) is 7.30. The molecule has 0 atom stereocenters. The van der Waals surface area contributed by atoms with Crippen molar-refractivity contribution in [2.45, 2.75) is 0 Å². The van der Waals surface area contributed by atoms with Gasteiger partial charge < -0.3 is 15.4 Å². The molecule has 2 N–H and O–H groups in total. The van der Waals surface area contributed by atoms with Crippen molar-refractivity contribution >= 4 is 58.5 Å². The smallest absolute Gasteiger partial charge is 0.269 e. The van der Waals surface area contributed by atoms with Gasteiger partial charge >= 0.3 is 0 Å². The molecular weight excluding hydrogens is 508 g/mol. The van der Waals surface area contributed by atoms with Gasteiger partial charge in [0.05, 0.1) is 23.4 Å². The van der Waals surface area contributed by atoms with Crippen LogP contribution in [0.4, 0.5) is 17.3 Å². The van der Waals surface area contributed by atoms with E-state index in [2.05, 4.69) is 20.6 Å². The van der Waals surface area contributed by atoms with Gasteiger partial charge in [-0.3, -0.25) is 14.7 Å². The van der Waals surface area contributed by atoms with Crippen molar-refractivity contribution in [3.8, 4) is 22.8 Å². The number of non-ortho nitro benzene ring substituents is 1. The molecule has 35 heavy (non-hydrogen) atoms. The van der Waals surface area contributed by atoms with Crippen LogP contribution in [0, 0.1) is 14.9 Å². The van der Waals surface area contributed by atoms with Crippen LogP contribution in [0.15, 0.2) is 72.8 Å². The number of rotatable bonds is 6. The minimum atomic E-state index is -0.475. The molecule has 0 unspecified atom stereocenters. The van der Waals surface area contributed by atoms with Gasteiger partial charge in [0.1, 0.15) is 5.75 Å². The quantitative estimate of drug-likeness (QED) is 0.177. The van der Waals surface area contributed by atoms with E-state index in [9.17, 15) is 10.1 Å². The Morgan fingerprint density at radius 1 is 1.03 bits per heavy atom. The summed E-state index contributed by atoms with van der Waals surface area (Å²) in [5, 5.41) is 18.0.